The topological polar surface area (TPSA) is 12.9 Å². The van der Waals surface area contributed by atoms with Gasteiger partial charge >= 0.3 is 0 Å². The fourth-order valence-corrected chi connectivity index (χ4v) is 5.24. The lowest BCUT2D eigenvalue weighted by molar-refractivity contribution is 0.334. The van der Waals surface area contributed by atoms with E-state index in [0.717, 1.165) is 11.0 Å². The minimum atomic E-state index is 0.487. The minimum absolute atomic E-state index is 0.487. The first-order valence-electron chi connectivity index (χ1n) is 7.28. The number of nitrogens with zero attached hydrogens (tertiary/aromatic N) is 1. The quantitative estimate of drug-likeness (QED) is 0.406. The molecule has 1 nitrogen and oxygen atoms in total. The van der Waals surface area contributed by atoms with Crippen molar-refractivity contribution in [2.75, 3.05) is 11.1 Å². The average Bonchev–Trinajstić information content (AvgIpc) is 2.61. The normalized spacial score (nSPS) is 19.1. The molecule has 3 heteroatoms. The second-order valence-electron chi connectivity index (χ2n) is 5.96. The van der Waals surface area contributed by atoms with Crippen molar-refractivity contribution in [3.63, 3.8) is 0 Å². The number of pyridine rings is 1. The largest absolute Gasteiger partial charge is 0.247 e. The Balaban J connectivity index is 2.02. The van der Waals surface area contributed by atoms with Crippen LogP contribution in [-0.4, -0.2) is 16.1 Å². The van der Waals surface area contributed by atoms with Gasteiger partial charge in [-0.2, -0.15) is 0 Å². The first-order valence-corrected chi connectivity index (χ1v) is 9.38. The van der Waals surface area contributed by atoms with Crippen molar-refractivity contribution in [3.05, 3.63) is 23.4 Å². The van der Waals surface area contributed by atoms with Gasteiger partial charge in [-0.3, -0.25) is 0 Å². The minimum Gasteiger partial charge on any atom is -0.247 e. The lowest BCUT2D eigenvalue weighted by Gasteiger charge is -2.30. The summed E-state index contributed by atoms with van der Waals surface area (Å²) in [6.07, 6.45) is 8.37. The lowest BCUT2D eigenvalue weighted by Crippen LogP contribution is -2.25. The molecule has 2 rings (SSSR count). The van der Waals surface area contributed by atoms with E-state index in [9.17, 15) is 0 Å². The van der Waals surface area contributed by atoms with E-state index < -0.39 is 0 Å². The number of thioether (sulfide) groups is 1. The fourth-order valence-electron chi connectivity index (χ4n) is 2.90. The summed E-state index contributed by atoms with van der Waals surface area (Å²) in [6, 6.07) is 4.37. The van der Waals surface area contributed by atoms with Gasteiger partial charge in [-0.15, -0.1) is 11.8 Å². The highest BCUT2D eigenvalue weighted by Gasteiger charge is 2.30. The Labute approximate surface area is 130 Å². The van der Waals surface area contributed by atoms with Crippen LogP contribution in [0.15, 0.2) is 17.2 Å². The SMILES string of the molecule is Cc1cc(C)nc(SCC2(CBr)CCCCCC2)c1. The molecular weight excluding hydrogens is 318 g/mol. The molecule has 1 fully saturated rings. The highest BCUT2D eigenvalue weighted by Crippen LogP contribution is 2.40. The Morgan fingerprint density at radius 3 is 2.42 bits per heavy atom. The van der Waals surface area contributed by atoms with E-state index in [0.29, 0.717) is 5.41 Å². The highest BCUT2D eigenvalue weighted by molar-refractivity contribution is 9.09. The monoisotopic (exact) mass is 341 g/mol. The predicted molar refractivity (Wildman–Crippen MR) is 88.4 cm³/mol. The van der Waals surface area contributed by atoms with Crippen LogP contribution in [0.25, 0.3) is 0 Å². The molecule has 0 bridgehead atoms. The maximum Gasteiger partial charge on any atom is 0.0965 e. The van der Waals surface area contributed by atoms with Gasteiger partial charge < -0.3 is 0 Å². The zero-order valence-electron chi connectivity index (χ0n) is 12.0. The van der Waals surface area contributed by atoms with Gasteiger partial charge in [0.15, 0.2) is 0 Å². The van der Waals surface area contributed by atoms with E-state index in [1.165, 1.54) is 54.9 Å². The summed E-state index contributed by atoms with van der Waals surface area (Å²) in [5.74, 6) is 1.20. The molecule has 0 radical (unpaired) electrons. The maximum absolute atomic E-state index is 4.65. The molecule has 1 aliphatic carbocycles. The summed E-state index contributed by atoms with van der Waals surface area (Å²) in [7, 11) is 0. The third-order valence-corrected chi connectivity index (χ3v) is 6.50. The number of halogens is 1. The van der Waals surface area contributed by atoms with Crippen LogP contribution < -0.4 is 0 Å². The van der Waals surface area contributed by atoms with Gasteiger partial charge in [0.1, 0.15) is 0 Å². The Kier molecular flexibility index (Phi) is 5.76. The summed E-state index contributed by atoms with van der Waals surface area (Å²) in [4.78, 5) is 4.65. The van der Waals surface area contributed by atoms with Crippen LogP contribution in [0.5, 0.6) is 0 Å². The van der Waals surface area contributed by atoms with Crippen molar-refractivity contribution >= 4 is 27.7 Å². The standard InChI is InChI=1S/C16H24BrNS/c1-13-9-14(2)18-15(10-13)19-12-16(11-17)7-5-3-4-6-8-16/h9-10H,3-8,11-12H2,1-2H3. The van der Waals surface area contributed by atoms with Gasteiger partial charge in [0, 0.05) is 16.8 Å². The van der Waals surface area contributed by atoms with Crippen molar-refractivity contribution in [2.24, 2.45) is 5.41 Å². The molecule has 0 unspecified atom stereocenters. The van der Waals surface area contributed by atoms with Crippen LogP contribution in [0.2, 0.25) is 0 Å². The smallest absolute Gasteiger partial charge is 0.0965 e. The number of alkyl halides is 1. The molecule has 1 heterocycles. The van der Waals surface area contributed by atoms with E-state index >= 15 is 0 Å². The number of aryl methyl sites for hydroxylation is 2. The molecule has 0 aromatic carbocycles. The Bertz CT molecular complexity index is 391. The Hall–Kier alpha value is -0.0200. The third-order valence-electron chi connectivity index (χ3n) is 4.05. The summed E-state index contributed by atoms with van der Waals surface area (Å²) in [6.45, 7) is 4.24. The second kappa shape index (κ2) is 7.12. The van der Waals surface area contributed by atoms with Crippen molar-refractivity contribution < 1.29 is 0 Å². The van der Waals surface area contributed by atoms with Crippen LogP contribution in [0.4, 0.5) is 0 Å². The lowest BCUT2D eigenvalue weighted by atomic mass is 9.85. The van der Waals surface area contributed by atoms with Gasteiger partial charge in [0.25, 0.3) is 0 Å². The van der Waals surface area contributed by atoms with E-state index in [4.69, 9.17) is 0 Å². The predicted octanol–water partition coefficient (Wildman–Crippen LogP) is 5.53. The zero-order chi connectivity index (χ0) is 13.7. The van der Waals surface area contributed by atoms with Crippen LogP contribution in [-0.2, 0) is 0 Å². The molecule has 0 atom stereocenters. The molecule has 1 aromatic heterocycles. The summed E-state index contributed by atoms with van der Waals surface area (Å²) >= 11 is 5.72. The molecule has 0 amide bonds. The molecule has 106 valence electrons. The number of hydrogen-bond donors (Lipinski definition) is 0. The Morgan fingerprint density at radius 1 is 1.16 bits per heavy atom. The van der Waals surface area contributed by atoms with Gasteiger partial charge in [0.2, 0.25) is 0 Å². The van der Waals surface area contributed by atoms with E-state index in [1.54, 1.807) is 0 Å². The molecule has 0 aliphatic heterocycles. The van der Waals surface area contributed by atoms with E-state index in [2.05, 4.69) is 46.9 Å². The Morgan fingerprint density at radius 2 is 1.84 bits per heavy atom. The molecule has 1 aliphatic rings. The molecule has 0 N–H and O–H groups in total. The third kappa shape index (κ3) is 4.49. The highest BCUT2D eigenvalue weighted by atomic mass is 79.9. The van der Waals surface area contributed by atoms with Crippen molar-refractivity contribution in [1.29, 1.82) is 0 Å². The zero-order valence-corrected chi connectivity index (χ0v) is 14.4. The number of hydrogen-bond acceptors (Lipinski definition) is 2. The van der Waals surface area contributed by atoms with Crippen LogP contribution in [0.3, 0.4) is 0 Å². The van der Waals surface area contributed by atoms with Crippen LogP contribution in [0, 0.1) is 19.3 Å². The van der Waals surface area contributed by atoms with Crippen molar-refractivity contribution in [2.45, 2.75) is 57.4 Å². The first kappa shape index (κ1) is 15.4. The van der Waals surface area contributed by atoms with Gasteiger partial charge in [-0.1, -0.05) is 41.6 Å². The fraction of sp³-hybridized carbons (Fsp3) is 0.688. The molecule has 19 heavy (non-hydrogen) atoms. The van der Waals surface area contributed by atoms with Gasteiger partial charge in [0.05, 0.1) is 5.03 Å². The average molecular weight is 342 g/mol. The van der Waals surface area contributed by atoms with Crippen molar-refractivity contribution in [1.82, 2.24) is 4.98 Å². The molecule has 0 spiro atoms. The van der Waals surface area contributed by atoms with Crippen LogP contribution >= 0.6 is 27.7 Å². The molecule has 1 saturated carbocycles. The van der Waals surface area contributed by atoms with Crippen LogP contribution in [0.1, 0.15) is 49.8 Å². The van der Waals surface area contributed by atoms with Gasteiger partial charge in [-0.05, 0) is 49.8 Å². The molecule has 0 saturated heterocycles. The van der Waals surface area contributed by atoms with E-state index in [-0.39, 0.29) is 0 Å². The molecule has 1 aromatic rings. The van der Waals surface area contributed by atoms with E-state index in [1.807, 2.05) is 11.8 Å². The molecular formula is C16H24BrNS. The summed E-state index contributed by atoms with van der Waals surface area (Å²) < 4.78 is 0. The summed E-state index contributed by atoms with van der Waals surface area (Å²) in [5, 5.41) is 2.33. The number of rotatable bonds is 4. The summed E-state index contributed by atoms with van der Waals surface area (Å²) in [5.41, 5.74) is 2.94. The first-order chi connectivity index (χ1) is 9.13. The van der Waals surface area contributed by atoms with Crippen molar-refractivity contribution in [3.8, 4) is 0 Å². The number of aromatic nitrogens is 1. The maximum atomic E-state index is 4.65. The second-order valence-corrected chi connectivity index (χ2v) is 7.52. The van der Waals surface area contributed by atoms with Gasteiger partial charge in [-0.25, -0.2) is 4.98 Å².